The van der Waals surface area contributed by atoms with Crippen molar-refractivity contribution in [3.05, 3.63) is 22.7 Å². The van der Waals surface area contributed by atoms with Gasteiger partial charge in [0.1, 0.15) is 5.75 Å². The molecule has 0 aromatic heterocycles. The molecule has 78 valence electrons. The van der Waals surface area contributed by atoms with Crippen LogP contribution in [0.5, 0.6) is 5.75 Å². The highest BCUT2D eigenvalue weighted by molar-refractivity contribution is 6.31. The molecule has 0 aliphatic carbocycles. The van der Waals surface area contributed by atoms with E-state index < -0.39 is 0 Å². The molecule has 4 nitrogen and oxygen atoms in total. The van der Waals surface area contributed by atoms with Crippen molar-refractivity contribution in [3.63, 3.8) is 0 Å². The van der Waals surface area contributed by atoms with Crippen molar-refractivity contribution in [3.8, 4) is 5.75 Å². The third-order valence-electron chi connectivity index (χ3n) is 2.00. The fourth-order valence-corrected chi connectivity index (χ4v) is 1.48. The summed E-state index contributed by atoms with van der Waals surface area (Å²) in [7, 11) is 1.54. The molecule has 0 saturated carbocycles. The Kier molecular flexibility index (Phi) is 3.57. The van der Waals surface area contributed by atoms with Crippen molar-refractivity contribution < 1.29 is 4.74 Å². The lowest BCUT2D eigenvalue weighted by Gasteiger charge is -2.14. The SMILES string of the molecule is COc1cc([C@H](N)CN)c(Cl)cc1N. The highest BCUT2D eigenvalue weighted by Crippen LogP contribution is 2.31. The van der Waals surface area contributed by atoms with Crippen LogP contribution in [0.25, 0.3) is 0 Å². The first-order chi connectivity index (χ1) is 6.60. The van der Waals surface area contributed by atoms with Crippen molar-refractivity contribution in [2.24, 2.45) is 11.5 Å². The average molecular weight is 216 g/mol. The van der Waals surface area contributed by atoms with E-state index >= 15 is 0 Å². The van der Waals surface area contributed by atoms with E-state index in [0.717, 1.165) is 5.56 Å². The molecule has 0 fully saturated rings. The molecule has 0 aliphatic rings. The van der Waals surface area contributed by atoms with Crippen LogP contribution in [0.4, 0.5) is 5.69 Å². The summed E-state index contributed by atoms with van der Waals surface area (Å²) >= 11 is 5.96. The van der Waals surface area contributed by atoms with Crippen molar-refractivity contribution in [2.75, 3.05) is 19.4 Å². The number of hydrogen-bond acceptors (Lipinski definition) is 4. The summed E-state index contributed by atoms with van der Waals surface area (Å²) < 4.78 is 5.06. The molecule has 0 unspecified atom stereocenters. The molecule has 5 heteroatoms. The van der Waals surface area contributed by atoms with E-state index in [1.807, 2.05) is 0 Å². The highest BCUT2D eigenvalue weighted by Gasteiger charge is 2.12. The number of nitrogen functional groups attached to an aromatic ring is 1. The summed E-state index contributed by atoms with van der Waals surface area (Å²) in [6.07, 6.45) is 0. The van der Waals surface area contributed by atoms with E-state index in [9.17, 15) is 0 Å². The Labute approximate surface area is 88.0 Å². The van der Waals surface area contributed by atoms with E-state index in [1.165, 1.54) is 7.11 Å². The topological polar surface area (TPSA) is 87.3 Å². The van der Waals surface area contributed by atoms with Gasteiger partial charge in [0.25, 0.3) is 0 Å². The lowest BCUT2D eigenvalue weighted by atomic mass is 10.1. The van der Waals surface area contributed by atoms with Gasteiger partial charge in [-0.1, -0.05) is 11.6 Å². The second-order valence-corrected chi connectivity index (χ2v) is 3.37. The largest absolute Gasteiger partial charge is 0.495 e. The summed E-state index contributed by atoms with van der Waals surface area (Å²) in [5.74, 6) is 0.563. The van der Waals surface area contributed by atoms with Crippen LogP contribution < -0.4 is 21.9 Å². The van der Waals surface area contributed by atoms with E-state index in [1.54, 1.807) is 12.1 Å². The maximum Gasteiger partial charge on any atom is 0.142 e. The van der Waals surface area contributed by atoms with Gasteiger partial charge < -0.3 is 21.9 Å². The molecule has 14 heavy (non-hydrogen) atoms. The Morgan fingerprint density at radius 3 is 2.64 bits per heavy atom. The molecule has 1 aromatic rings. The first-order valence-electron chi connectivity index (χ1n) is 4.18. The zero-order chi connectivity index (χ0) is 10.7. The van der Waals surface area contributed by atoms with Crippen LogP contribution >= 0.6 is 11.6 Å². The molecular weight excluding hydrogens is 202 g/mol. The van der Waals surface area contributed by atoms with E-state index in [0.29, 0.717) is 23.0 Å². The van der Waals surface area contributed by atoms with Gasteiger partial charge in [0, 0.05) is 17.6 Å². The lowest BCUT2D eigenvalue weighted by molar-refractivity contribution is 0.416. The van der Waals surface area contributed by atoms with Gasteiger partial charge in [-0.3, -0.25) is 0 Å². The minimum absolute atomic E-state index is 0.294. The third-order valence-corrected chi connectivity index (χ3v) is 2.33. The summed E-state index contributed by atoms with van der Waals surface area (Å²) in [4.78, 5) is 0. The monoisotopic (exact) mass is 215 g/mol. The Hall–Kier alpha value is -0.970. The number of ether oxygens (including phenoxy) is 1. The van der Waals surface area contributed by atoms with Gasteiger partial charge in [-0.05, 0) is 17.7 Å². The van der Waals surface area contributed by atoms with Crippen molar-refractivity contribution in [1.82, 2.24) is 0 Å². The first-order valence-corrected chi connectivity index (χ1v) is 4.56. The zero-order valence-corrected chi connectivity index (χ0v) is 8.71. The Balaban J connectivity index is 3.17. The molecule has 0 saturated heterocycles. The van der Waals surface area contributed by atoms with E-state index in [4.69, 9.17) is 33.5 Å². The minimum atomic E-state index is -0.294. The molecule has 0 amide bonds. The van der Waals surface area contributed by atoms with Crippen molar-refractivity contribution >= 4 is 17.3 Å². The van der Waals surface area contributed by atoms with Crippen LogP contribution in [0, 0.1) is 0 Å². The first kappa shape index (κ1) is 11.1. The summed E-state index contributed by atoms with van der Waals surface area (Å²) in [6.45, 7) is 0.326. The van der Waals surface area contributed by atoms with Crippen LogP contribution in [-0.2, 0) is 0 Å². The molecule has 6 N–H and O–H groups in total. The van der Waals surface area contributed by atoms with Gasteiger partial charge in [0.2, 0.25) is 0 Å². The molecule has 1 atom stereocenters. The van der Waals surface area contributed by atoms with Crippen LogP contribution in [0.15, 0.2) is 12.1 Å². The Morgan fingerprint density at radius 2 is 2.14 bits per heavy atom. The molecule has 0 radical (unpaired) electrons. The predicted octanol–water partition coefficient (Wildman–Crippen LogP) is 0.889. The van der Waals surface area contributed by atoms with Crippen molar-refractivity contribution in [2.45, 2.75) is 6.04 Å². The number of nitrogens with two attached hydrogens (primary N) is 3. The van der Waals surface area contributed by atoms with E-state index in [-0.39, 0.29) is 6.04 Å². The number of halogens is 1. The molecule has 1 aromatic carbocycles. The van der Waals surface area contributed by atoms with Crippen LogP contribution in [0.3, 0.4) is 0 Å². The van der Waals surface area contributed by atoms with Crippen LogP contribution in [0.2, 0.25) is 5.02 Å². The number of methoxy groups -OCH3 is 1. The Morgan fingerprint density at radius 1 is 1.50 bits per heavy atom. The maximum atomic E-state index is 5.96. The molecule has 0 aliphatic heterocycles. The second-order valence-electron chi connectivity index (χ2n) is 2.96. The van der Waals surface area contributed by atoms with Gasteiger partial charge in [-0.2, -0.15) is 0 Å². The van der Waals surface area contributed by atoms with Gasteiger partial charge in [-0.25, -0.2) is 0 Å². The van der Waals surface area contributed by atoms with Gasteiger partial charge in [0.15, 0.2) is 0 Å². The lowest BCUT2D eigenvalue weighted by Crippen LogP contribution is -2.21. The second kappa shape index (κ2) is 4.50. The fourth-order valence-electron chi connectivity index (χ4n) is 1.17. The maximum absolute atomic E-state index is 5.96. The highest BCUT2D eigenvalue weighted by atomic mass is 35.5. The molecule has 0 spiro atoms. The Bertz CT molecular complexity index is 330. The predicted molar refractivity (Wildman–Crippen MR) is 58.4 cm³/mol. The minimum Gasteiger partial charge on any atom is -0.495 e. The summed E-state index contributed by atoms with van der Waals surface area (Å²) in [6, 6.07) is 3.04. The van der Waals surface area contributed by atoms with Gasteiger partial charge >= 0.3 is 0 Å². The normalized spacial score (nSPS) is 12.6. The average Bonchev–Trinajstić information content (AvgIpc) is 2.17. The van der Waals surface area contributed by atoms with Gasteiger partial charge in [-0.15, -0.1) is 0 Å². The number of anilines is 1. The number of hydrogen-bond donors (Lipinski definition) is 3. The number of benzene rings is 1. The standard InChI is InChI=1S/C9H14ClN3O/c1-14-9-2-5(8(13)4-11)6(10)3-7(9)12/h2-3,8H,4,11-13H2,1H3/t8-/m1/s1. The molecule has 0 heterocycles. The zero-order valence-electron chi connectivity index (χ0n) is 7.96. The molecule has 0 bridgehead atoms. The van der Waals surface area contributed by atoms with Crippen LogP contribution in [-0.4, -0.2) is 13.7 Å². The molecule has 1 rings (SSSR count). The summed E-state index contributed by atoms with van der Waals surface area (Å²) in [5, 5.41) is 0.515. The van der Waals surface area contributed by atoms with Crippen molar-refractivity contribution in [1.29, 1.82) is 0 Å². The molecular formula is C9H14ClN3O. The van der Waals surface area contributed by atoms with Gasteiger partial charge in [0.05, 0.1) is 12.8 Å². The fraction of sp³-hybridized carbons (Fsp3) is 0.333. The number of rotatable bonds is 3. The quantitative estimate of drug-likeness (QED) is 0.654. The van der Waals surface area contributed by atoms with Crippen LogP contribution in [0.1, 0.15) is 11.6 Å². The smallest absolute Gasteiger partial charge is 0.142 e. The third kappa shape index (κ3) is 2.09. The summed E-state index contributed by atoms with van der Waals surface area (Å²) in [5.41, 5.74) is 18.1. The van der Waals surface area contributed by atoms with E-state index in [2.05, 4.69) is 0 Å².